The summed E-state index contributed by atoms with van der Waals surface area (Å²) in [5.41, 5.74) is -1.23. The first kappa shape index (κ1) is 12.4. The summed E-state index contributed by atoms with van der Waals surface area (Å²) in [6.45, 7) is 5.22. The summed E-state index contributed by atoms with van der Waals surface area (Å²) in [6, 6.07) is 0. The molecule has 0 aromatic carbocycles. The van der Waals surface area contributed by atoms with E-state index in [2.05, 4.69) is 9.24 Å². The second-order valence-electron chi connectivity index (χ2n) is 3.74. The fraction of sp³-hybridized carbons (Fsp3) is 0.750. The Hall–Kier alpha value is -0.630. The van der Waals surface area contributed by atoms with Gasteiger partial charge in [-0.05, 0) is 20.8 Å². The first-order valence-corrected chi connectivity index (χ1v) is 4.59. The minimum atomic E-state index is -1.01. The Bertz CT molecular complexity index is 207. The number of ether oxygens (including phenoxy) is 1. The molecule has 0 saturated heterocycles. The van der Waals surface area contributed by atoms with Crippen molar-refractivity contribution in [1.82, 2.24) is 0 Å². The van der Waals surface area contributed by atoms with Gasteiger partial charge >= 0.3 is 11.9 Å². The standard InChI is InChI=1S/C8H15O4P/c1-8(2,3)12-7(11)5(13)4-6(9)10/h5H,4,13H2,1-3H3,(H,9,10). The van der Waals surface area contributed by atoms with Crippen LogP contribution in [0.15, 0.2) is 0 Å². The van der Waals surface area contributed by atoms with Crippen LogP contribution in [0.25, 0.3) is 0 Å². The molecule has 0 aromatic rings. The number of hydrogen-bond donors (Lipinski definition) is 1. The van der Waals surface area contributed by atoms with E-state index in [1.165, 1.54) is 0 Å². The second-order valence-corrected chi connectivity index (χ2v) is 4.54. The average molecular weight is 206 g/mol. The Kier molecular flexibility index (Phi) is 4.34. The van der Waals surface area contributed by atoms with Gasteiger partial charge in [0.1, 0.15) is 5.60 Å². The molecule has 2 atom stereocenters. The third-order valence-electron chi connectivity index (χ3n) is 1.10. The molecule has 5 heteroatoms. The van der Waals surface area contributed by atoms with Crippen molar-refractivity contribution >= 4 is 21.2 Å². The van der Waals surface area contributed by atoms with Crippen molar-refractivity contribution in [3.8, 4) is 0 Å². The normalized spacial score (nSPS) is 13.5. The van der Waals surface area contributed by atoms with E-state index in [1.807, 2.05) is 0 Å². The van der Waals surface area contributed by atoms with E-state index in [0.717, 1.165) is 0 Å². The first-order valence-electron chi connectivity index (χ1n) is 3.92. The van der Waals surface area contributed by atoms with Crippen molar-refractivity contribution in [3.63, 3.8) is 0 Å². The van der Waals surface area contributed by atoms with Crippen LogP contribution in [0.4, 0.5) is 0 Å². The summed E-state index contributed by atoms with van der Waals surface area (Å²) in [5.74, 6) is -1.51. The molecule has 0 bridgehead atoms. The van der Waals surface area contributed by atoms with E-state index in [9.17, 15) is 9.59 Å². The Labute approximate surface area is 79.9 Å². The third kappa shape index (κ3) is 6.52. The summed E-state index contributed by atoms with van der Waals surface area (Å²) >= 11 is 0. The van der Waals surface area contributed by atoms with Gasteiger partial charge in [0.2, 0.25) is 0 Å². The highest BCUT2D eigenvalue weighted by Gasteiger charge is 2.23. The predicted octanol–water partition coefficient (Wildman–Crippen LogP) is 1.05. The van der Waals surface area contributed by atoms with E-state index in [1.54, 1.807) is 20.8 Å². The monoisotopic (exact) mass is 206 g/mol. The first-order chi connectivity index (χ1) is 5.72. The van der Waals surface area contributed by atoms with E-state index >= 15 is 0 Å². The van der Waals surface area contributed by atoms with Crippen LogP contribution in [0.3, 0.4) is 0 Å². The van der Waals surface area contributed by atoms with Crippen molar-refractivity contribution in [1.29, 1.82) is 0 Å². The fourth-order valence-corrected chi connectivity index (χ4v) is 0.919. The lowest BCUT2D eigenvalue weighted by atomic mass is 10.2. The second kappa shape index (κ2) is 4.56. The van der Waals surface area contributed by atoms with Crippen LogP contribution in [0.2, 0.25) is 0 Å². The summed E-state index contributed by atoms with van der Waals surface area (Å²) in [5, 5.41) is 8.41. The van der Waals surface area contributed by atoms with Crippen molar-refractivity contribution in [2.24, 2.45) is 0 Å². The Balaban J connectivity index is 4.05. The number of carboxylic acids is 1. The summed E-state index contributed by atoms with van der Waals surface area (Å²) in [7, 11) is 2.16. The Morgan fingerprint density at radius 1 is 1.46 bits per heavy atom. The molecule has 1 N–H and O–H groups in total. The maximum Gasteiger partial charge on any atom is 0.313 e. The highest BCUT2D eigenvalue weighted by Crippen LogP contribution is 2.14. The minimum absolute atomic E-state index is 0.223. The molecule has 0 spiro atoms. The van der Waals surface area contributed by atoms with Gasteiger partial charge in [0.05, 0.1) is 12.1 Å². The number of aliphatic carboxylic acids is 1. The van der Waals surface area contributed by atoms with E-state index in [-0.39, 0.29) is 6.42 Å². The molecule has 2 unspecified atom stereocenters. The largest absolute Gasteiger partial charge is 0.481 e. The van der Waals surface area contributed by atoms with Crippen LogP contribution in [0.5, 0.6) is 0 Å². The average Bonchev–Trinajstić information content (AvgIpc) is 1.81. The SMILES string of the molecule is CC(C)(C)OC(=O)C(P)CC(=O)O. The number of carbonyl (C=O) groups excluding carboxylic acids is 1. The number of hydrogen-bond acceptors (Lipinski definition) is 3. The maximum absolute atomic E-state index is 11.2. The van der Waals surface area contributed by atoms with E-state index < -0.39 is 23.2 Å². The summed E-state index contributed by atoms with van der Waals surface area (Å²) in [4.78, 5) is 21.4. The molecule has 0 rings (SSSR count). The zero-order valence-corrected chi connectivity index (χ0v) is 9.19. The topological polar surface area (TPSA) is 63.6 Å². The van der Waals surface area contributed by atoms with Crippen molar-refractivity contribution in [2.75, 3.05) is 0 Å². The summed E-state index contributed by atoms with van der Waals surface area (Å²) in [6.07, 6.45) is -0.223. The van der Waals surface area contributed by atoms with E-state index in [4.69, 9.17) is 9.84 Å². The van der Waals surface area contributed by atoms with E-state index in [0.29, 0.717) is 0 Å². The quantitative estimate of drug-likeness (QED) is 0.553. The number of rotatable bonds is 3. The molecule has 4 nitrogen and oxygen atoms in total. The van der Waals surface area contributed by atoms with Crippen LogP contribution in [0.1, 0.15) is 27.2 Å². The molecular weight excluding hydrogens is 191 g/mol. The minimum Gasteiger partial charge on any atom is -0.481 e. The highest BCUT2D eigenvalue weighted by molar-refractivity contribution is 7.19. The third-order valence-corrected chi connectivity index (χ3v) is 1.61. The van der Waals surface area contributed by atoms with Crippen LogP contribution < -0.4 is 0 Å². The zero-order valence-electron chi connectivity index (χ0n) is 8.03. The molecule has 0 fully saturated rings. The van der Waals surface area contributed by atoms with Gasteiger partial charge in [-0.15, -0.1) is 9.24 Å². The number of carbonyl (C=O) groups is 2. The summed E-state index contributed by atoms with van der Waals surface area (Å²) < 4.78 is 4.98. The Morgan fingerprint density at radius 3 is 2.23 bits per heavy atom. The molecule has 0 amide bonds. The number of carboxylic acid groups (broad SMARTS) is 1. The molecule has 0 aliphatic heterocycles. The van der Waals surface area contributed by atoms with Gasteiger partial charge in [0.25, 0.3) is 0 Å². The smallest absolute Gasteiger partial charge is 0.313 e. The van der Waals surface area contributed by atoms with Crippen molar-refractivity contribution < 1.29 is 19.4 Å². The lowest BCUT2D eigenvalue weighted by Gasteiger charge is -2.21. The lowest BCUT2D eigenvalue weighted by Crippen LogP contribution is -2.30. The Morgan fingerprint density at radius 2 is 1.92 bits per heavy atom. The van der Waals surface area contributed by atoms with Gasteiger partial charge in [-0.1, -0.05) is 0 Å². The molecular formula is C8H15O4P. The highest BCUT2D eigenvalue weighted by atomic mass is 31.0. The fourth-order valence-electron chi connectivity index (χ4n) is 0.649. The maximum atomic E-state index is 11.2. The van der Waals surface area contributed by atoms with Gasteiger partial charge in [-0.2, -0.15) is 0 Å². The lowest BCUT2D eigenvalue weighted by molar-refractivity contribution is -0.156. The van der Waals surface area contributed by atoms with Crippen LogP contribution in [0, 0.1) is 0 Å². The van der Waals surface area contributed by atoms with Crippen LogP contribution in [-0.2, 0) is 14.3 Å². The molecule has 0 aromatic heterocycles. The predicted molar refractivity (Wildman–Crippen MR) is 51.6 cm³/mol. The van der Waals surface area contributed by atoms with Crippen LogP contribution >= 0.6 is 9.24 Å². The molecule has 13 heavy (non-hydrogen) atoms. The van der Waals surface area contributed by atoms with Crippen LogP contribution in [-0.4, -0.2) is 28.3 Å². The molecule has 0 radical (unpaired) electrons. The van der Waals surface area contributed by atoms with Gasteiger partial charge in [-0.25, -0.2) is 0 Å². The van der Waals surface area contributed by atoms with Gasteiger partial charge in [0.15, 0.2) is 0 Å². The van der Waals surface area contributed by atoms with Gasteiger partial charge < -0.3 is 9.84 Å². The molecule has 76 valence electrons. The molecule has 0 saturated carbocycles. The number of esters is 1. The molecule has 0 aliphatic carbocycles. The molecule has 0 aliphatic rings. The van der Waals surface area contributed by atoms with Crippen molar-refractivity contribution in [3.05, 3.63) is 0 Å². The van der Waals surface area contributed by atoms with Crippen molar-refractivity contribution in [2.45, 2.75) is 38.5 Å². The van der Waals surface area contributed by atoms with Gasteiger partial charge in [-0.3, -0.25) is 9.59 Å². The van der Waals surface area contributed by atoms with Gasteiger partial charge in [0, 0.05) is 0 Å². The molecule has 0 heterocycles. The zero-order chi connectivity index (χ0) is 10.6.